The molecule has 0 atom stereocenters. The van der Waals surface area contributed by atoms with Gasteiger partial charge in [-0.2, -0.15) is 0 Å². The molecular formula is C17H19N3O5. The van der Waals surface area contributed by atoms with Crippen molar-refractivity contribution in [2.24, 2.45) is 5.92 Å². The summed E-state index contributed by atoms with van der Waals surface area (Å²) in [5, 5.41) is 5.07. The Bertz CT molecular complexity index is 857. The van der Waals surface area contributed by atoms with Crippen molar-refractivity contribution in [1.29, 1.82) is 0 Å². The molecule has 0 saturated heterocycles. The summed E-state index contributed by atoms with van der Waals surface area (Å²) >= 11 is 0. The number of aromatic nitrogens is 1. The van der Waals surface area contributed by atoms with Crippen LogP contribution in [0.15, 0.2) is 35.1 Å². The van der Waals surface area contributed by atoms with Gasteiger partial charge < -0.3 is 15.0 Å². The molecule has 1 aromatic carbocycles. The first-order chi connectivity index (χ1) is 11.9. The number of rotatable bonds is 5. The number of nitrogens with one attached hydrogen (secondary N) is 3. The molecule has 8 nitrogen and oxygen atoms in total. The Hall–Kier alpha value is -3.16. The number of aromatic amines is 1. The third-order valence-electron chi connectivity index (χ3n) is 3.23. The second-order valence-corrected chi connectivity index (χ2v) is 5.82. The van der Waals surface area contributed by atoms with Crippen molar-refractivity contribution in [3.8, 4) is 0 Å². The number of benzene rings is 1. The molecule has 0 saturated carbocycles. The van der Waals surface area contributed by atoms with Gasteiger partial charge >= 0.3 is 12.0 Å². The average Bonchev–Trinajstić information content (AvgIpc) is 2.57. The summed E-state index contributed by atoms with van der Waals surface area (Å²) in [6, 6.07) is 7.19. The minimum Gasteiger partial charge on any atom is -0.452 e. The summed E-state index contributed by atoms with van der Waals surface area (Å²) in [6.45, 7) is 3.61. The maximum Gasteiger partial charge on any atom is 0.339 e. The number of hydrogen-bond acceptors (Lipinski definition) is 5. The van der Waals surface area contributed by atoms with Gasteiger partial charge in [-0.25, -0.2) is 9.59 Å². The third-order valence-corrected chi connectivity index (χ3v) is 3.23. The highest BCUT2D eigenvalue weighted by Gasteiger charge is 2.15. The number of hydrogen-bond donors (Lipinski definition) is 3. The molecule has 0 aliphatic rings. The average molecular weight is 345 g/mol. The fourth-order valence-electron chi connectivity index (χ4n) is 2.09. The summed E-state index contributed by atoms with van der Waals surface area (Å²) in [4.78, 5) is 49.5. The first-order valence-electron chi connectivity index (χ1n) is 7.73. The number of carbonyl (C=O) groups excluding carboxylic acids is 3. The lowest BCUT2D eigenvalue weighted by atomic mass is 10.1. The van der Waals surface area contributed by atoms with Crippen molar-refractivity contribution >= 4 is 28.8 Å². The second-order valence-electron chi connectivity index (χ2n) is 5.82. The molecule has 1 aromatic heterocycles. The van der Waals surface area contributed by atoms with Crippen molar-refractivity contribution in [3.05, 3.63) is 46.2 Å². The van der Waals surface area contributed by atoms with Crippen molar-refractivity contribution in [2.45, 2.75) is 13.8 Å². The number of carbonyl (C=O) groups is 3. The van der Waals surface area contributed by atoms with Gasteiger partial charge in [0, 0.05) is 23.5 Å². The number of pyridine rings is 1. The van der Waals surface area contributed by atoms with Crippen LogP contribution in [0.1, 0.15) is 24.2 Å². The zero-order chi connectivity index (χ0) is 18.4. The predicted octanol–water partition coefficient (Wildman–Crippen LogP) is 1.17. The molecule has 0 radical (unpaired) electrons. The zero-order valence-electron chi connectivity index (χ0n) is 13.9. The number of H-pyrrole nitrogens is 1. The van der Waals surface area contributed by atoms with Crippen molar-refractivity contribution in [3.63, 3.8) is 0 Å². The van der Waals surface area contributed by atoms with E-state index in [0.717, 1.165) is 6.07 Å². The lowest BCUT2D eigenvalue weighted by molar-refractivity contribution is -0.123. The molecule has 3 amide bonds. The Balaban J connectivity index is 1.98. The van der Waals surface area contributed by atoms with Crippen LogP contribution in [-0.2, 0) is 9.53 Å². The molecule has 2 aromatic rings. The zero-order valence-corrected chi connectivity index (χ0v) is 13.9. The van der Waals surface area contributed by atoms with Crippen LogP contribution in [0.4, 0.5) is 4.79 Å². The van der Waals surface area contributed by atoms with E-state index in [0.29, 0.717) is 17.4 Å². The maximum absolute atomic E-state index is 12.2. The molecule has 0 aliphatic carbocycles. The predicted molar refractivity (Wildman–Crippen MR) is 91.2 cm³/mol. The normalized spacial score (nSPS) is 10.5. The van der Waals surface area contributed by atoms with E-state index in [1.54, 1.807) is 24.3 Å². The molecule has 0 bridgehead atoms. The SMILES string of the molecule is CC(C)CNC(=O)NC(=O)COC(=O)c1cc(=O)[nH]c2ccccc12. The maximum atomic E-state index is 12.2. The summed E-state index contributed by atoms with van der Waals surface area (Å²) < 4.78 is 4.90. The van der Waals surface area contributed by atoms with Gasteiger partial charge in [0.2, 0.25) is 5.56 Å². The first kappa shape index (κ1) is 18.2. The molecule has 3 N–H and O–H groups in total. The van der Waals surface area contributed by atoms with Gasteiger partial charge in [0.15, 0.2) is 6.61 Å². The number of imide groups is 1. The van der Waals surface area contributed by atoms with Crippen LogP contribution in [0.5, 0.6) is 0 Å². The number of ether oxygens (including phenoxy) is 1. The van der Waals surface area contributed by atoms with Gasteiger partial charge in [-0.3, -0.25) is 14.9 Å². The van der Waals surface area contributed by atoms with Gasteiger partial charge in [0.1, 0.15) is 0 Å². The Kier molecular flexibility index (Phi) is 5.89. The fourth-order valence-corrected chi connectivity index (χ4v) is 2.09. The smallest absolute Gasteiger partial charge is 0.339 e. The Morgan fingerprint density at radius 1 is 1.20 bits per heavy atom. The van der Waals surface area contributed by atoms with Crippen LogP contribution < -0.4 is 16.2 Å². The van der Waals surface area contributed by atoms with E-state index in [4.69, 9.17) is 4.74 Å². The first-order valence-corrected chi connectivity index (χ1v) is 7.73. The number of urea groups is 1. The van der Waals surface area contributed by atoms with Crippen molar-refractivity contribution < 1.29 is 19.1 Å². The summed E-state index contributed by atoms with van der Waals surface area (Å²) in [6.07, 6.45) is 0. The number of fused-ring (bicyclic) bond motifs is 1. The fraction of sp³-hybridized carbons (Fsp3) is 0.294. The topological polar surface area (TPSA) is 117 Å². The van der Waals surface area contributed by atoms with Crippen molar-refractivity contribution in [1.82, 2.24) is 15.6 Å². The van der Waals surface area contributed by atoms with Crippen LogP contribution >= 0.6 is 0 Å². The summed E-state index contributed by atoms with van der Waals surface area (Å²) in [5.74, 6) is -1.34. The molecule has 0 spiro atoms. The van der Waals surface area contributed by atoms with E-state index in [1.165, 1.54) is 0 Å². The lowest BCUT2D eigenvalue weighted by Crippen LogP contribution is -2.42. The summed E-state index contributed by atoms with van der Waals surface area (Å²) in [5.41, 5.74) is 0.0824. The highest BCUT2D eigenvalue weighted by atomic mass is 16.5. The monoisotopic (exact) mass is 345 g/mol. The molecule has 0 unspecified atom stereocenters. The molecule has 0 aliphatic heterocycles. The molecule has 8 heteroatoms. The number of esters is 1. The Morgan fingerprint density at radius 2 is 1.92 bits per heavy atom. The number of amides is 3. The van der Waals surface area contributed by atoms with E-state index in [1.807, 2.05) is 13.8 Å². The molecule has 132 valence electrons. The van der Waals surface area contributed by atoms with Crippen LogP contribution in [0, 0.1) is 5.92 Å². The van der Waals surface area contributed by atoms with Gasteiger partial charge in [0.25, 0.3) is 5.91 Å². The molecular weight excluding hydrogens is 326 g/mol. The van der Waals surface area contributed by atoms with Crippen LogP contribution in [0.3, 0.4) is 0 Å². The standard InChI is InChI=1S/C17H19N3O5/c1-10(2)8-18-17(24)20-15(22)9-25-16(23)12-7-14(21)19-13-6-4-3-5-11(12)13/h3-7,10H,8-9H2,1-2H3,(H,19,21)(H2,18,20,22,24). The Morgan fingerprint density at radius 3 is 2.64 bits per heavy atom. The van der Waals surface area contributed by atoms with Gasteiger partial charge in [-0.1, -0.05) is 32.0 Å². The highest BCUT2D eigenvalue weighted by Crippen LogP contribution is 2.15. The van der Waals surface area contributed by atoms with Gasteiger partial charge in [-0.05, 0) is 12.0 Å². The molecule has 0 fully saturated rings. The number of para-hydroxylation sites is 1. The van der Waals surface area contributed by atoms with E-state index in [-0.39, 0.29) is 11.5 Å². The minimum atomic E-state index is -0.819. The van der Waals surface area contributed by atoms with Gasteiger partial charge in [-0.15, -0.1) is 0 Å². The molecule has 25 heavy (non-hydrogen) atoms. The third kappa shape index (κ3) is 5.17. The van der Waals surface area contributed by atoms with Crippen molar-refractivity contribution in [2.75, 3.05) is 13.2 Å². The highest BCUT2D eigenvalue weighted by molar-refractivity contribution is 6.04. The van der Waals surface area contributed by atoms with Gasteiger partial charge in [0.05, 0.1) is 5.56 Å². The second kappa shape index (κ2) is 8.09. The van der Waals surface area contributed by atoms with Crippen LogP contribution in [0.2, 0.25) is 0 Å². The molecule has 1 heterocycles. The van der Waals surface area contributed by atoms with E-state index >= 15 is 0 Å². The van der Waals surface area contributed by atoms with Crippen LogP contribution in [0.25, 0.3) is 10.9 Å². The molecule has 2 rings (SSSR count). The minimum absolute atomic E-state index is 0.0522. The Labute approximate surface area is 143 Å². The lowest BCUT2D eigenvalue weighted by Gasteiger charge is -2.09. The quantitative estimate of drug-likeness (QED) is 0.703. The largest absolute Gasteiger partial charge is 0.452 e. The van der Waals surface area contributed by atoms with E-state index in [9.17, 15) is 19.2 Å². The van der Waals surface area contributed by atoms with E-state index < -0.39 is 30.1 Å². The van der Waals surface area contributed by atoms with Crippen LogP contribution in [-0.4, -0.2) is 36.0 Å². The van der Waals surface area contributed by atoms with E-state index in [2.05, 4.69) is 15.6 Å². The summed E-state index contributed by atoms with van der Waals surface area (Å²) in [7, 11) is 0.